The number of carbonyl (C=O) groups excluding carboxylic acids is 2. The second-order valence-corrected chi connectivity index (χ2v) is 17.9. The molecular formula is C30H56Br2O4S2. The summed E-state index contributed by atoms with van der Waals surface area (Å²) in [7, 11) is 3.45. The molecule has 0 rings (SSSR count). The lowest BCUT2D eigenvalue weighted by atomic mass is 10.1. The average molecular weight is 705 g/mol. The maximum atomic E-state index is 12.5. The third kappa shape index (κ3) is 22.3. The van der Waals surface area contributed by atoms with Crippen molar-refractivity contribution in [1.29, 1.82) is 0 Å². The van der Waals surface area contributed by atoms with Crippen LogP contribution in [0.1, 0.15) is 144 Å². The molecule has 0 bridgehead atoms. The molecule has 226 valence electrons. The Morgan fingerprint density at radius 2 is 0.868 bits per heavy atom. The van der Waals surface area contributed by atoms with Crippen LogP contribution in [0.5, 0.6) is 0 Å². The first kappa shape index (κ1) is 38.6. The molecule has 0 aromatic rings. The van der Waals surface area contributed by atoms with Gasteiger partial charge in [-0.15, -0.1) is 0 Å². The molecular weight excluding hydrogens is 648 g/mol. The van der Waals surface area contributed by atoms with Crippen molar-refractivity contribution in [3.8, 4) is 0 Å². The van der Waals surface area contributed by atoms with Crippen LogP contribution in [0.25, 0.3) is 0 Å². The summed E-state index contributed by atoms with van der Waals surface area (Å²) in [5, 5.41) is 0. The third-order valence-corrected chi connectivity index (χ3v) is 9.52. The summed E-state index contributed by atoms with van der Waals surface area (Å²) in [5.74, 6) is 1.08. The molecule has 0 fully saturated rings. The van der Waals surface area contributed by atoms with Crippen molar-refractivity contribution in [2.75, 3.05) is 11.5 Å². The minimum Gasteiger partial charge on any atom is -0.460 e. The van der Waals surface area contributed by atoms with E-state index < -0.39 is 8.65 Å². The molecule has 0 N–H and O–H groups in total. The van der Waals surface area contributed by atoms with Gasteiger partial charge in [-0.1, -0.05) is 144 Å². The molecule has 0 aromatic heterocycles. The van der Waals surface area contributed by atoms with Crippen molar-refractivity contribution < 1.29 is 19.1 Å². The number of ether oxygens (including phenoxy) is 2. The van der Waals surface area contributed by atoms with E-state index in [1.54, 1.807) is 21.6 Å². The van der Waals surface area contributed by atoms with E-state index in [1.807, 2.05) is 27.7 Å². The van der Waals surface area contributed by atoms with Gasteiger partial charge in [-0.25, -0.2) is 0 Å². The van der Waals surface area contributed by atoms with Gasteiger partial charge < -0.3 is 9.47 Å². The Hall–Kier alpha value is 0.600. The van der Waals surface area contributed by atoms with Gasteiger partial charge in [0, 0.05) is 11.5 Å². The Balaban J connectivity index is 4.69. The van der Waals surface area contributed by atoms with Gasteiger partial charge in [-0.3, -0.25) is 9.59 Å². The van der Waals surface area contributed by atoms with Crippen molar-refractivity contribution >= 4 is 65.4 Å². The van der Waals surface area contributed by atoms with Gasteiger partial charge >= 0.3 is 11.9 Å². The Kier molecular flexibility index (Phi) is 23.6. The fourth-order valence-corrected chi connectivity index (χ4v) is 6.48. The molecule has 2 unspecified atom stereocenters. The highest BCUT2D eigenvalue weighted by Crippen LogP contribution is 2.30. The number of hydrogen-bond donors (Lipinski definition) is 0. The van der Waals surface area contributed by atoms with Crippen LogP contribution < -0.4 is 0 Å². The fraction of sp³-hybridized carbons (Fsp3) is 0.933. The SMILES string of the molecule is CCCCCCCCCC(CSSCC(CCCCCCCCC)OC(=O)C(C)(C)Br)OC(=O)C(C)(C)Br. The van der Waals surface area contributed by atoms with Crippen molar-refractivity contribution in [2.45, 2.75) is 165 Å². The summed E-state index contributed by atoms with van der Waals surface area (Å²) < 4.78 is 10.4. The first-order chi connectivity index (χ1) is 17.9. The first-order valence-corrected chi connectivity index (χ1v) is 19.0. The lowest BCUT2D eigenvalue weighted by Crippen LogP contribution is -2.32. The molecule has 0 saturated carbocycles. The molecule has 0 spiro atoms. The summed E-state index contributed by atoms with van der Waals surface area (Å²) in [6.07, 6.45) is 19.0. The van der Waals surface area contributed by atoms with E-state index in [1.165, 1.54) is 77.0 Å². The van der Waals surface area contributed by atoms with Crippen molar-refractivity contribution in [3.05, 3.63) is 0 Å². The zero-order valence-corrected chi connectivity index (χ0v) is 29.9. The predicted octanol–water partition coefficient (Wildman–Crippen LogP) is 10.8. The van der Waals surface area contributed by atoms with Crippen LogP contribution in [0.15, 0.2) is 0 Å². The van der Waals surface area contributed by atoms with E-state index in [9.17, 15) is 9.59 Å². The standard InChI is InChI=1S/C30H56Br2O4S2/c1-7-9-11-13-15-17-19-21-25(35-27(33)29(3,4)31)23-37-38-24-26(36-28(34)30(5,6)32)22-20-18-16-14-12-10-8-2/h25-26H,7-24H2,1-6H3. The maximum Gasteiger partial charge on any atom is 0.322 e. The molecule has 4 nitrogen and oxygen atoms in total. The number of esters is 2. The van der Waals surface area contributed by atoms with E-state index >= 15 is 0 Å². The highest BCUT2D eigenvalue weighted by Gasteiger charge is 2.29. The monoisotopic (exact) mass is 702 g/mol. The molecule has 2 atom stereocenters. The summed E-state index contributed by atoms with van der Waals surface area (Å²) in [6.45, 7) is 11.8. The average Bonchev–Trinajstić information content (AvgIpc) is 2.83. The van der Waals surface area contributed by atoms with E-state index in [-0.39, 0.29) is 24.1 Å². The van der Waals surface area contributed by atoms with Crippen LogP contribution in [0, 0.1) is 0 Å². The van der Waals surface area contributed by atoms with Gasteiger partial charge in [0.1, 0.15) is 20.9 Å². The molecule has 0 saturated heterocycles. The van der Waals surface area contributed by atoms with Gasteiger partial charge in [-0.2, -0.15) is 0 Å². The van der Waals surface area contributed by atoms with Crippen molar-refractivity contribution in [3.63, 3.8) is 0 Å². The van der Waals surface area contributed by atoms with E-state index in [2.05, 4.69) is 45.7 Å². The van der Waals surface area contributed by atoms with Crippen molar-refractivity contribution in [2.24, 2.45) is 0 Å². The molecule has 0 heterocycles. The summed E-state index contributed by atoms with van der Waals surface area (Å²) in [4.78, 5) is 25.0. The lowest BCUT2D eigenvalue weighted by molar-refractivity contribution is -0.151. The largest absolute Gasteiger partial charge is 0.460 e. The highest BCUT2D eigenvalue weighted by molar-refractivity contribution is 9.10. The van der Waals surface area contributed by atoms with Crippen LogP contribution in [0.3, 0.4) is 0 Å². The zero-order valence-electron chi connectivity index (χ0n) is 25.1. The van der Waals surface area contributed by atoms with Gasteiger partial charge in [0.15, 0.2) is 0 Å². The Bertz CT molecular complexity index is 554. The highest BCUT2D eigenvalue weighted by atomic mass is 79.9. The maximum absolute atomic E-state index is 12.5. The van der Waals surface area contributed by atoms with Crippen LogP contribution in [-0.4, -0.2) is 44.3 Å². The molecule has 0 aromatic carbocycles. The molecule has 0 amide bonds. The normalized spacial score (nSPS) is 13.8. The fourth-order valence-electron chi connectivity index (χ4n) is 3.84. The molecule has 38 heavy (non-hydrogen) atoms. The topological polar surface area (TPSA) is 52.6 Å². The minimum absolute atomic E-state index is 0.0990. The van der Waals surface area contributed by atoms with E-state index in [0.717, 1.165) is 37.2 Å². The predicted molar refractivity (Wildman–Crippen MR) is 176 cm³/mol. The summed E-state index contributed by atoms with van der Waals surface area (Å²) in [6, 6.07) is 0. The molecule has 8 heteroatoms. The van der Waals surface area contributed by atoms with Gasteiger partial charge in [0.2, 0.25) is 0 Å². The Labute approximate surface area is 259 Å². The summed E-state index contributed by atoms with van der Waals surface area (Å²) >= 11 is 6.88. The van der Waals surface area contributed by atoms with Gasteiger partial charge in [0.05, 0.1) is 0 Å². The van der Waals surface area contributed by atoms with Crippen LogP contribution >= 0.6 is 53.4 Å². The number of hydrogen-bond acceptors (Lipinski definition) is 6. The number of unbranched alkanes of at least 4 members (excludes halogenated alkanes) is 12. The lowest BCUT2D eigenvalue weighted by Gasteiger charge is -2.24. The molecule has 0 radical (unpaired) electrons. The van der Waals surface area contributed by atoms with Crippen LogP contribution in [0.2, 0.25) is 0 Å². The number of alkyl halides is 2. The Morgan fingerprint density at radius 3 is 1.16 bits per heavy atom. The number of halogens is 2. The molecule has 0 aliphatic rings. The molecule has 0 aliphatic heterocycles. The van der Waals surface area contributed by atoms with Crippen LogP contribution in [0.4, 0.5) is 0 Å². The van der Waals surface area contributed by atoms with E-state index in [0.29, 0.717) is 0 Å². The summed E-state index contributed by atoms with van der Waals surface area (Å²) in [5.41, 5.74) is 0. The number of rotatable bonds is 25. The smallest absolute Gasteiger partial charge is 0.322 e. The van der Waals surface area contributed by atoms with Crippen LogP contribution in [-0.2, 0) is 19.1 Å². The third-order valence-electron chi connectivity index (χ3n) is 6.37. The number of carbonyl (C=O) groups is 2. The van der Waals surface area contributed by atoms with E-state index in [4.69, 9.17) is 9.47 Å². The molecule has 0 aliphatic carbocycles. The quantitative estimate of drug-likeness (QED) is 0.0408. The second-order valence-electron chi connectivity index (χ2n) is 11.4. The van der Waals surface area contributed by atoms with Crippen molar-refractivity contribution in [1.82, 2.24) is 0 Å². The second kappa shape index (κ2) is 23.2. The Morgan fingerprint density at radius 1 is 0.579 bits per heavy atom. The van der Waals surface area contributed by atoms with Gasteiger partial charge in [0.25, 0.3) is 0 Å². The van der Waals surface area contributed by atoms with Gasteiger partial charge in [-0.05, 0) is 53.4 Å². The zero-order chi connectivity index (χ0) is 28.9. The minimum atomic E-state index is -0.679. The first-order valence-electron chi connectivity index (χ1n) is 15.0.